The molecule has 1 aromatic carbocycles. The lowest BCUT2D eigenvalue weighted by molar-refractivity contribution is 0.279. The third kappa shape index (κ3) is 4.76. The average Bonchev–Trinajstić information content (AvgIpc) is 2.39. The molecule has 0 amide bonds. The standard InChI is InChI=1S/C14H19N3O4S/c1-10-11(9-18)8-15-14(16-10)21-13-6-4-12(5-7-13)17-22(2,3,19)20/h4-8,18H,9H2,1-3H3,(H2,17,19,20). The maximum atomic E-state index is 11.8. The number of nitrogens with zero attached hydrogens (tertiary/aromatic N) is 2. The van der Waals surface area contributed by atoms with E-state index in [1.807, 2.05) is 0 Å². The highest BCUT2D eigenvalue weighted by molar-refractivity contribution is 8.15. The van der Waals surface area contributed by atoms with E-state index in [4.69, 9.17) is 9.84 Å². The summed E-state index contributed by atoms with van der Waals surface area (Å²) in [5.74, 6) is 0.496. The van der Waals surface area contributed by atoms with E-state index in [9.17, 15) is 8.76 Å². The zero-order chi connectivity index (χ0) is 16.4. The minimum absolute atomic E-state index is 0.123. The Labute approximate surface area is 128 Å². The molecule has 3 N–H and O–H groups in total. The lowest BCUT2D eigenvalue weighted by Crippen LogP contribution is -2.37. The molecule has 0 aliphatic rings. The molecule has 0 bridgehead atoms. The number of aryl methyl sites for hydroxylation is 1. The van der Waals surface area contributed by atoms with Gasteiger partial charge >= 0.3 is 6.01 Å². The van der Waals surface area contributed by atoms with Gasteiger partial charge in [0.15, 0.2) is 0 Å². The molecule has 7 nitrogen and oxygen atoms in total. The Morgan fingerprint density at radius 3 is 2.41 bits per heavy atom. The van der Waals surface area contributed by atoms with Gasteiger partial charge < -0.3 is 9.84 Å². The Kier molecular flexibility index (Phi) is 4.19. The summed E-state index contributed by atoms with van der Waals surface area (Å²) in [7, 11) is -3.82. The summed E-state index contributed by atoms with van der Waals surface area (Å²) in [6.45, 7) is 1.63. The highest BCUT2D eigenvalue weighted by Gasteiger charge is 2.12. The highest BCUT2D eigenvalue weighted by Crippen LogP contribution is 2.23. The number of aromatic nitrogens is 2. The molecule has 0 unspecified atom stereocenters. The molecular formula is C14H19N3O4S. The Hall–Kier alpha value is -2.03. The number of ether oxygens (including phenoxy) is 1. The van der Waals surface area contributed by atoms with E-state index in [1.54, 1.807) is 31.2 Å². The molecule has 0 spiro atoms. The van der Waals surface area contributed by atoms with Crippen LogP contribution in [-0.4, -0.2) is 36.3 Å². The number of nitrogens with one attached hydrogen (secondary N) is 1. The van der Waals surface area contributed by atoms with Gasteiger partial charge in [-0.2, -0.15) is 9.19 Å². The molecular weight excluding hydrogens is 306 g/mol. The van der Waals surface area contributed by atoms with Crippen molar-refractivity contribution >= 4 is 15.2 Å². The van der Waals surface area contributed by atoms with E-state index >= 15 is 0 Å². The Morgan fingerprint density at radius 2 is 1.91 bits per heavy atom. The number of benzene rings is 1. The van der Waals surface area contributed by atoms with Crippen LogP contribution in [0.1, 0.15) is 11.3 Å². The molecule has 0 aliphatic heterocycles. The molecule has 1 heterocycles. The van der Waals surface area contributed by atoms with Crippen LogP contribution in [0.4, 0.5) is 5.69 Å². The molecule has 120 valence electrons. The van der Waals surface area contributed by atoms with Gasteiger partial charge in [0.2, 0.25) is 0 Å². The number of aliphatic hydroxyl groups is 1. The summed E-state index contributed by atoms with van der Waals surface area (Å²) in [4.78, 5) is 8.14. The first kappa shape index (κ1) is 16.3. The molecule has 0 radical (unpaired) electrons. The van der Waals surface area contributed by atoms with Gasteiger partial charge in [-0.25, -0.2) is 4.98 Å². The largest absolute Gasteiger partial charge is 0.424 e. The molecule has 0 saturated heterocycles. The predicted octanol–water partition coefficient (Wildman–Crippen LogP) is 1.95. The van der Waals surface area contributed by atoms with Crippen LogP contribution < -0.4 is 9.46 Å². The summed E-state index contributed by atoms with van der Waals surface area (Å²) in [6, 6.07) is 6.70. The second kappa shape index (κ2) is 5.64. The molecule has 2 aromatic rings. The maximum absolute atomic E-state index is 11.8. The molecule has 8 heteroatoms. The molecule has 22 heavy (non-hydrogen) atoms. The van der Waals surface area contributed by atoms with Crippen molar-refractivity contribution in [2.75, 3.05) is 17.2 Å². The lowest BCUT2D eigenvalue weighted by atomic mass is 10.3. The van der Waals surface area contributed by atoms with Crippen LogP contribution in [0.15, 0.2) is 30.5 Å². The lowest BCUT2D eigenvalue weighted by Gasteiger charge is -2.35. The van der Waals surface area contributed by atoms with Gasteiger partial charge in [-0.05, 0) is 31.2 Å². The van der Waals surface area contributed by atoms with Crippen LogP contribution in [0.5, 0.6) is 11.8 Å². The maximum Gasteiger partial charge on any atom is 0.322 e. The van der Waals surface area contributed by atoms with Crippen LogP contribution in [0.25, 0.3) is 0 Å². The minimum atomic E-state index is -3.82. The molecule has 0 fully saturated rings. The van der Waals surface area contributed by atoms with E-state index in [-0.39, 0.29) is 12.6 Å². The van der Waals surface area contributed by atoms with Crippen molar-refractivity contribution < 1.29 is 18.6 Å². The Balaban J connectivity index is 2.12. The quantitative estimate of drug-likeness (QED) is 0.776. The first-order chi connectivity index (χ1) is 10.1. The predicted molar refractivity (Wildman–Crippen MR) is 85.4 cm³/mol. The number of hydrogen-bond donors (Lipinski definition) is 3. The number of rotatable bonds is 5. The van der Waals surface area contributed by atoms with E-state index in [0.717, 1.165) is 0 Å². The van der Waals surface area contributed by atoms with Crippen LogP contribution in [0, 0.1) is 6.92 Å². The zero-order valence-electron chi connectivity index (χ0n) is 12.6. The fraction of sp³-hybridized carbons (Fsp3) is 0.286. The minimum Gasteiger partial charge on any atom is -0.424 e. The number of hydrogen-bond acceptors (Lipinski definition) is 5. The molecule has 2 rings (SSSR count). The van der Waals surface area contributed by atoms with Gasteiger partial charge in [0.1, 0.15) is 5.75 Å². The molecule has 0 saturated carbocycles. The van der Waals surface area contributed by atoms with Gasteiger partial charge in [0.05, 0.1) is 18.0 Å². The van der Waals surface area contributed by atoms with Gasteiger partial charge in [0, 0.05) is 24.3 Å². The van der Waals surface area contributed by atoms with E-state index in [1.165, 1.54) is 18.7 Å². The van der Waals surface area contributed by atoms with Crippen LogP contribution in [-0.2, 0) is 16.1 Å². The SMILES string of the molecule is Cc1nc(Oc2ccc(NS(C)(C)(=O)O)cc2)ncc1CO. The molecule has 0 aliphatic carbocycles. The van der Waals surface area contributed by atoms with E-state index in [0.29, 0.717) is 22.7 Å². The van der Waals surface area contributed by atoms with Gasteiger partial charge in [-0.3, -0.25) is 9.27 Å². The molecule has 0 atom stereocenters. The normalized spacial score (nSPS) is 13.2. The van der Waals surface area contributed by atoms with Crippen LogP contribution in [0.2, 0.25) is 0 Å². The summed E-state index contributed by atoms with van der Waals surface area (Å²) < 4.78 is 29.6. The van der Waals surface area contributed by atoms with Crippen molar-refractivity contribution in [2.45, 2.75) is 13.5 Å². The Morgan fingerprint density at radius 1 is 1.27 bits per heavy atom. The van der Waals surface area contributed by atoms with Crippen molar-refractivity contribution in [1.29, 1.82) is 0 Å². The van der Waals surface area contributed by atoms with Gasteiger partial charge in [-0.1, -0.05) is 0 Å². The van der Waals surface area contributed by atoms with Crippen molar-refractivity contribution in [1.82, 2.24) is 9.97 Å². The number of aliphatic hydroxyl groups excluding tert-OH is 1. The number of anilines is 1. The first-order valence-electron chi connectivity index (χ1n) is 6.49. The topological polar surface area (TPSA) is 105 Å². The smallest absolute Gasteiger partial charge is 0.322 e. The van der Waals surface area contributed by atoms with E-state index < -0.39 is 9.53 Å². The summed E-state index contributed by atoms with van der Waals surface area (Å²) in [5, 5.41) is 9.07. The fourth-order valence-corrected chi connectivity index (χ4v) is 2.52. The first-order valence-corrected chi connectivity index (χ1v) is 9.23. The Bertz CT molecular complexity index is 729. The summed E-state index contributed by atoms with van der Waals surface area (Å²) in [5.41, 5.74) is 1.79. The summed E-state index contributed by atoms with van der Waals surface area (Å²) >= 11 is 0. The third-order valence-electron chi connectivity index (χ3n) is 2.70. The van der Waals surface area contributed by atoms with Crippen molar-refractivity contribution in [2.24, 2.45) is 0 Å². The zero-order valence-corrected chi connectivity index (χ0v) is 13.4. The average molecular weight is 325 g/mol. The van der Waals surface area contributed by atoms with Gasteiger partial charge in [0.25, 0.3) is 0 Å². The van der Waals surface area contributed by atoms with Crippen molar-refractivity contribution in [3.8, 4) is 11.8 Å². The second-order valence-corrected chi connectivity index (χ2v) is 9.15. The monoisotopic (exact) mass is 325 g/mol. The fourth-order valence-electron chi connectivity index (χ4n) is 1.71. The van der Waals surface area contributed by atoms with Gasteiger partial charge in [-0.15, -0.1) is 9.53 Å². The summed E-state index contributed by atoms with van der Waals surface area (Å²) in [6.07, 6.45) is 3.98. The van der Waals surface area contributed by atoms with Crippen LogP contribution >= 0.6 is 0 Å². The van der Waals surface area contributed by atoms with Crippen molar-refractivity contribution in [3.05, 3.63) is 41.7 Å². The highest BCUT2D eigenvalue weighted by atomic mass is 32.3. The van der Waals surface area contributed by atoms with Crippen molar-refractivity contribution in [3.63, 3.8) is 0 Å². The van der Waals surface area contributed by atoms with E-state index in [2.05, 4.69) is 14.7 Å². The third-order valence-corrected chi connectivity index (χ3v) is 3.52. The second-order valence-electron chi connectivity index (χ2n) is 5.41. The van der Waals surface area contributed by atoms with Crippen LogP contribution in [0.3, 0.4) is 0 Å². The molecule has 1 aromatic heterocycles.